The lowest BCUT2D eigenvalue weighted by Gasteiger charge is -2.32. The van der Waals surface area contributed by atoms with Crippen molar-refractivity contribution in [2.45, 2.75) is 58.3 Å². The first-order valence-corrected chi connectivity index (χ1v) is 22.2. The number of carboxylic acids is 1. The van der Waals surface area contributed by atoms with Gasteiger partial charge in [-0.3, -0.25) is 19.5 Å². The lowest BCUT2D eigenvalue weighted by atomic mass is 9.75. The van der Waals surface area contributed by atoms with Crippen LogP contribution in [0.4, 0.5) is 22.7 Å². The van der Waals surface area contributed by atoms with Gasteiger partial charge in [0.1, 0.15) is 10.9 Å². The summed E-state index contributed by atoms with van der Waals surface area (Å²) < 4.78 is 0.245. The molecule has 0 spiro atoms. The third-order valence-corrected chi connectivity index (χ3v) is 13.5. The molecule has 1 amide bonds. The Kier molecular flexibility index (Phi) is 11.8. The molecule has 1 saturated heterocycles. The van der Waals surface area contributed by atoms with E-state index in [1.165, 1.54) is 33.4 Å². The van der Waals surface area contributed by atoms with Crippen molar-refractivity contribution in [3.8, 4) is 11.1 Å². The number of benzene rings is 5. The first-order valence-electron chi connectivity index (χ1n) is 21.0. The molecular weight excluding hydrogens is 805 g/mol. The first kappa shape index (κ1) is 42.4. The van der Waals surface area contributed by atoms with E-state index in [4.69, 9.17) is 17.3 Å². The van der Waals surface area contributed by atoms with Gasteiger partial charge < -0.3 is 10.0 Å². The lowest BCUT2D eigenvalue weighted by Crippen LogP contribution is -2.33. The standard InChI is InChI=1S/C53H50N4O3S2/c1-7-29-56(39-22-17-36(18-23-39)30-48-50(60)55(34-49(58)59)51(61)62-48)54-33-37-19-24-40(25-20-37)57(41-26-21-38-14-10-8-9-13-35(2)52(3,4)46(38)31-41)42-27-28-44-43-15-11-12-16-45(43)53(5,6)47(44)32-42/h8-13,15-28,30-33H,2,7,14,29,34H2,1,3-6H3,(H,58,59)/b10-8-,13-9-,48-30+,54-33+. The van der Waals surface area contributed by atoms with Crippen molar-refractivity contribution in [1.29, 1.82) is 0 Å². The number of nitrogens with zero attached hydrogens (tertiary/aromatic N) is 4. The molecule has 7 nitrogen and oxygen atoms in total. The number of aliphatic carboxylic acids is 1. The minimum Gasteiger partial charge on any atom is -0.480 e. The monoisotopic (exact) mass is 854 g/mol. The van der Waals surface area contributed by atoms with Crippen LogP contribution in [0, 0.1) is 0 Å². The van der Waals surface area contributed by atoms with Crippen molar-refractivity contribution in [2.75, 3.05) is 23.0 Å². The molecule has 62 heavy (non-hydrogen) atoms. The lowest BCUT2D eigenvalue weighted by molar-refractivity contribution is -0.140. The highest BCUT2D eigenvalue weighted by molar-refractivity contribution is 8.26. The van der Waals surface area contributed by atoms with Gasteiger partial charge in [-0.1, -0.05) is 150 Å². The van der Waals surface area contributed by atoms with Gasteiger partial charge in [-0.25, -0.2) is 0 Å². The van der Waals surface area contributed by atoms with Crippen molar-refractivity contribution < 1.29 is 14.7 Å². The fourth-order valence-corrected chi connectivity index (χ4v) is 9.80. The number of allylic oxidation sites excluding steroid dienone is 5. The van der Waals surface area contributed by atoms with Crippen LogP contribution < -0.4 is 9.91 Å². The number of rotatable bonds is 11. The number of hydrogen-bond acceptors (Lipinski definition) is 7. The largest absolute Gasteiger partial charge is 0.480 e. The smallest absolute Gasteiger partial charge is 0.323 e. The fraction of sp³-hybridized carbons (Fsp3) is 0.208. The van der Waals surface area contributed by atoms with Crippen LogP contribution in [0.25, 0.3) is 17.2 Å². The molecule has 0 saturated carbocycles. The van der Waals surface area contributed by atoms with Gasteiger partial charge in [-0.2, -0.15) is 5.10 Å². The molecule has 1 aliphatic heterocycles. The molecule has 1 fully saturated rings. The van der Waals surface area contributed by atoms with Gasteiger partial charge >= 0.3 is 5.97 Å². The number of hydrogen-bond donors (Lipinski definition) is 1. The van der Waals surface area contributed by atoms with E-state index in [-0.39, 0.29) is 15.2 Å². The second-order valence-electron chi connectivity index (χ2n) is 16.9. The van der Waals surface area contributed by atoms with Gasteiger partial charge in [-0.15, -0.1) is 0 Å². The van der Waals surface area contributed by atoms with E-state index in [1.54, 1.807) is 6.08 Å². The number of amides is 1. The van der Waals surface area contributed by atoms with Crippen molar-refractivity contribution in [3.63, 3.8) is 0 Å². The number of carbonyl (C=O) groups excluding carboxylic acids is 1. The molecule has 0 atom stereocenters. The van der Waals surface area contributed by atoms with Crippen molar-refractivity contribution >= 4 is 75.2 Å². The van der Waals surface area contributed by atoms with E-state index in [0.717, 1.165) is 69.0 Å². The molecule has 5 aromatic carbocycles. The number of anilines is 4. The van der Waals surface area contributed by atoms with E-state index in [0.29, 0.717) is 11.4 Å². The highest BCUT2D eigenvalue weighted by Gasteiger charge is 2.36. The first-order chi connectivity index (χ1) is 29.8. The summed E-state index contributed by atoms with van der Waals surface area (Å²) in [7, 11) is 0. The van der Waals surface area contributed by atoms with Crippen LogP contribution in [0.5, 0.6) is 0 Å². The number of fused-ring (bicyclic) bond motifs is 4. The van der Waals surface area contributed by atoms with Crippen LogP contribution in [0.15, 0.2) is 156 Å². The van der Waals surface area contributed by atoms with Crippen molar-refractivity contribution in [2.24, 2.45) is 5.10 Å². The molecule has 0 unspecified atom stereocenters. The molecule has 3 aliphatic rings. The van der Waals surface area contributed by atoms with Crippen LogP contribution in [0.1, 0.15) is 74.4 Å². The van der Waals surface area contributed by atoms with Crippen molar-refractivity contribution in [1.82, 2.24) is 4.90 Å². The summed E-state index contributed by atoms with van der Waals surface area (Å²) in [5.41, 5.74) is 14.3. The number of thiocarbonyl (C=S) groups is 1. The number of carbonyl (C=O) groups is 2. The number of hydrazone groups is 1. The Hall–Kier alpha value is -6.29. The fourth-order valence-electron chi connectivity index (χ4n) is 8.55. The van der Waals surface area contributed by atoms with Gasteiger partial charge in [0.25, 0.3) is 5.91 Å². The Bertz CT molecular complexity index is 2730. The molecule has 0 aromatic heterocycles. The summed E-state index contributed by atoms with van der Waals surface area (Å²) >= 11 is 6.37. The Labute approximate surface area is 374 Å². The van der Waals surface area contributed by atoms with Gasteiger partial charge in [0.05, 0.1) is 16.8 Å². The van der Waals surface area contributed by atoms with Gasteiger partial charge in [0.15, 0.2) is 0 Å². The van der Waals surface area contributed by atoms with Crippen LogP contribution >= 0.6 is 24.0 Å². The van der Waals surface area contributed by atoms with Gasteiger partial charge in [0.2, 0.25) is 0 Å². The van der Waals surface area contributed by atoms with E-state index in [1.807, 2.05) is 35.5 Å². The number of carboxylic acid groups (broad SMARTS) is 1. The summed E-state index contributed by atoms with van der Waals surface area (Å²) in [5, 5.41) is 16.1. The molecule has 5 aromatic rings. The average molecular weight is 855 g/mol. The summed E-state index contributed by atoms with van der Waals surface area (Å²) in [5.74, 6) is -1.50. The van der Waals surface area contributed by atoms with Crippen LogP contribution in [-0.2, 0) is 26.8 Å². The third kappa shape index (κ3) is 8.22. The zero-order valence-electron chi connectivity index (χ0n) is 35.8. The molecule has 8 rings (SSSR count). The molecule has 0 radical (unpaired) electrons. The van der Waals surface area contributed by atoms with Gasteiger partial charge in [-0.05, 0) is 118 Å². The third-order valence-electron chi connectivity index (χ3n) is 12.1. The maximum Gasteiger partial charge on any atom is 0.323 e. The quantitative estimate of drug-likeness (QED) is 0.0614. The number of thioether (sulfide) groups is 1. The normalized spacial score (nSPS) is 17.9. The average Bonchev–Trinajstić information content (AvgIpc) is 3.67. The van der Waals surface area contributed by atoms with E-state index in [2.05, 4.69) is 155 Å². The molecule has 1 N–H and O–H groups in total. The molecular formula is C53H50N4O3S2. The predicted octanol–water partition coefficient (Wildman–Crippen LogP) is 12.5. The molecule has 1 heterocycles. The highest BCUT2D eigenvalue weighted by atomic mass is 32.2. The zero-order chi connectivity index (χ0) is 43.8. The van der Waals surface area contributed by atoms with Crippen LogP contribution in [0.3, 0.4) is 0 Å². The Morgan fingerprint density at radius 2 is 1.47 bits per heavy atom. The van der Waals surface area contributed by atoms with E-state index < -0.39 is 18.4 Å². The maximum atomic E-state index is 12.8. The Balaban J connectivity index is 1.11. The minimum atomic E-state index is -1.11. The molecule has 0 bridgehead atoms. The second kappa shape index (κ2) is 17.2. The zero-order valence-corrected chi connectivity index (χ0v) is 37.4. The topological polar surface area (TPSA) is 76.4 Å². The molecule has 312 valence electrons. The minimum absolute atomic E-state index is 0.147. The van der Waals surface area contributed by atoms with Crippen LogP contribution in [0.2, 0.25) is 0 Å². The highest BCUT2D eigenvalue weighted by Crippen LogP contribution is 2.51. The second-order valence-corrected chi connectivity index (χ2v) is 18.6. The summed E-state index contributed by atoms with van der Waals surface area (Å²) in [6.45, 7) is 16.1. The van der Waals surface area contributed by atoms with Crippen molar-refractivity contribution in [3.05, 3.63) is 184 Å². The predicted molar refractivity (Wildman–Crippen MR) is 262 cm³/mol. The summed E-state index contributed by atoms with van der Waals surface area (Å²) in [4.78, 5) is 27.9. The molecule has 2 aliphatic carbocycles. The van der Waals surface area contributed by atoms with E-state index >= 15 is 0 Å². The maximum absolute atomic E-state index is 12.8. The summed E-state index contributed by atoms with van der Waals surface area (Å²) in [6.07, 6.45) is 13.9. The Morgan fingerprint density at radius 3 is 2.19 bits per heavy atom. The van der Waals surface area contributed by atoms with Gasteiger partial charge in [0, 0.05) is 34.4 Å². The summed E-state index contributed by atoms with van der Waals surface area (Å²) in [6, 6.07) is 38.9. The molecule has 9 heteroatoms. The Morgan fingerprint density at radius 1 is 0.823 bits per heavy atom. The van der Waals surface area contributed by atoms with Crippen LogP contribution in [-0.4, -0.2) is 45.5 Å². The SMILES string of the molecule is C=C1/C=C\C=C/Cc2ccc(N(c3ccc(/C=N/N(CCC)c4ccc(/C=C5/SC(=S)N(CC(=O)O)C5=O)cc4)cc3)c3ccc4c(c3)C(C)(C)c3ccccc3-4)cc2C1(C)C. The van der Waals surface area contributed by atoms with E-state index in [9.17, 15) is 14.7 Å².